The second kappa shape index (κ2) is 4.71. The van der Waals surface area contributed by atoms with Crippen LogP contribution >= 0.6 is 0 Å². The Morgan fingerprint density at radius 3 is 2.45 bits per heavy atom. The molecule has 0 spiro atoms. The second-order valence-electron chi connectivity index (χ2n) is 5.84. The fraction of sp³-hybridized carbons (Fsp3) is 0.167. The minimum Gasteiger partial charge on any atom is -0.453 e. The van der Waals surface area contributed by atoms with Gasteiger partial charge in [0.1, 0.15) is 5.58 Å². The van der Waals surface area contributed by atoms with Crippen LogP contribution in [0, 0.1) is 0 Å². The Hall–Kier alpha value is -2.59. The molecule has 110 valence electrons. The molecule has 0 aliphatic rings. The average molecular weight is 292 g/mol. The van der Waals surface area contributed by atoms with Crippen LogP contribution in [-0.4, -0.2) is 24.0 Å². The highest BCUT2D eigenvalue weighted by Crippen LogP contribution is 2.32. The normalized spacial score (nSPS) is 12.0. The summed E-state index contributed by atoms with van der Waals surface area (Å²) in [5.74, 6) is 0. The van der Waals surface area contributed by atoms with Crippen molar-refractivity contribution < 1.29 is 4.42 Å². The van der Waals surface area contributed by atoms with Gasteiger partial charge in [-0.3, -0.25) is 4.79 Å². The van der Waals surface area contributed by atoms with E-state index in [1.807, 2.05) is 50.5 Å². The van der Waals surface area contributed by atoms with E-state index in [9.17, 15) is 4.79 Å². The molecule has 0 aliphatic carbocycles. The summed E-state index contributed by atoms with van der Waals surface area (Å²) in [5, 5.41) is 2.47. The summed E-state index contributed by atoms with van der Waals surface area (Å²) in [5.41, 5.74) is 3.40. The molecule has 0 bridgehead atoms. The smallest absolute Gasteiger partial charge is 0.256 e. The topological polar surface area (TPSA) is 49.2 Å². The second-order valence-corrected chi connectivity index (χ2v) is 5.84. The standard InChI is InChI=1S/C18H16N2O2/c1-20(2)10-11-6-5-9-14-15-17(22-16(11)14)12-7-3-4-8-13(12)18(21)19-15/h3-9H,10H2,1-2H3,(H,19,21). The van der Waals surface area contributed by atoms with Crippen LogP contribution in [0.5, 0.6) is 0 Å². The predicted molar refractivity (Wildman–Crippen MR) is 89.2 cm³/mol. The van der Waals surface area contributed by atoms with E-state index < -0.39 is 0 Å². The highest BCUT2D eigenvalue weighted by molar-refractivity contribution is 6.12. The van der Waals surface area contributed by atoms with E-state index in [1.54, 1.807) is 0 Å². The molecule has 0 amide bonds. The summed E-state index contributed by atoms with van der Waals surface area (Å²) in [6.07, 6.45) is 0. The third kappa shape index (κ3) is 1.84. The first-order valence-electron chi connectivity index (χ1n) is 7.25. The molecule has 1 N–H and O–H groups in total. The van der Waals surface area contributed by atoms with Crippen molar-refractivity contribution in [1.82, 2.24) is 9.88 Å². The van der Waals surface area contributed by atoms with Crippen LogP contribution in [0.1, 0.15) is 5.56 Å². The van der Waals surface area contributed by atoms with Crippen molar-refractivity contribution >= 4 is 32.8 Å². The number of nitrogens with one attached hydrogen (secondary N) is 1. The van der Waals surface area contributed by atoms with E-state index in [1.165, 1.54) is 0 Å². The Labute approximate surface area is 127 Å². The van der Waals surface area contributed by atoms with Gasteiger partial charge in [0, 0.05) is 22.9 Å². The lowest BCUT2D eigenvalue weighted by molar-refractivity contribution is 0.402. The van der Waals surface area contributed by atoms with E-state index in [4.69, 9.17) is 4.42 Å². The maximum Gasteiger partial charge on any atom is 0.256 e. The summed E-state index contributed by atoms with van der Waals surface area (Å²) >= 11 is 0. The van der Waals surface area contributed by atoms with Crippen molar-refractivity contribution in [2.45, 2.75) is 6.54 Å². The van der Waals surface area contributed by atoms with Crippen LogP contribution in [0.2, 0.25) is 0 Å². The van der Waals surface area contributed by atoms with Crippen LogP contribution in [0.3, 0.4) is 0 Å². The van der Waals surface area contributed by atoms with Crippen molar-refractivity contribution in [3.05, 3.63) is 58.4 Å². The van der Waals surface area contributed by atoms with Gasteiger partial charge in [0.15, 0.2) is 5.58 Å². The first-order valence-corrected chi connectivity index (χ1v) is 7.25. The molecule has 2 aromatic heterocycles. The van der Waals surface area contributed by atoms with Crippen molar-refractivity contribution in [3.63, 3.8) is 0 Å². The molecule has 2 aromatic carbocycles. The number of nitrogens with zero attached hydrogens (tertiary/aromatic N) is 1. The summed E-state index contributed by atoms with van der Waals surface area (Å²) < 4.78 is 6.16. The molecule has 4 heteroatoms. The number of aromatic amines is 1. The van der Waals surface area contributed by atoms with Gasteiger partial charge in [-0.15, -0.1) is 0 Å². The molecule has 0 saturated carbocycles. The van der Waals surface area contributed by atoms with Crippen molar-refractivity contribution in [1.29, 1.82) is 0 Å². The molecule has 4 rings (SSSR count). The Morgan fingerprint density at radius 2 is 1.68 bits per heavy atom. The van der Waals surface area contributed by atoms with E-state index >= 15 is 0 Å². The van der Waals surface area contributed by atoms with Gasteiger partial charge >= 0.3 is 0 Å². The largest absolute Gasteiger partial charge is 0.453 e. The fourth-order valence-corrected chi connectivity index (χ4v) is 3.02. The monoisotopic (exact) mass is 292 g/mol. The number of benzene rings is 2. The SMILES string of the molecule is CN(C)Cc1cccc2c1oc1c3ccccc3c(=O)[nH]c21. The molecule has 4 nitrogen and oxygen atoms in total. The highest BCUT2D eigenvalue weighted by Gasteiger charge is 2.15. The zero-order valence-corrected chi connectivity index (χ0v) is 12.5. The van der Waals surface area contributed by atoms with Crippen LogP contribution in [0.25, 0.3) is 32.8 Å². The molecule has 0 saturated heterocycles. The number of H-pyrrole nitrogens is 1. The Bertz CT molecular complexity index is 1060. The Morgan fingerprint density at radius 1 is 0.955 bits per heavy atom. The molecule has 2 heterocycles. The molecule has 0 fully saturated rings. The molecule has 0 atom stereocenters. The summed E-state index contributed by atoms with van der Waals surface area (Å²) in [7, 11) is 4.05. The minimum atomic E-state index is -0.0798. The van der Waals surface area contributed by atoms with E-state index in [0.717, 1.165) is 39.6 Å². The van der Waals surface area contributed by atoms with Crippen LogP contribution in [0.4, 0.5) is 0 Å². The van der Waals surface area contributed by atoms with Crippen molar-refractivity contribution in [3.8, 4) is 0 Å². The van der Waals surface area contributed by atoms with Gasteiger partial charge in [-0.25, -0.2) is 0 Å². The number of rotatable bonds is 2. The zero-order chi connectivity index (χ0) is 15.3. The van der Waals surface area contributed by atoms with Gasteiger partial charge < -0.3 is 14.3 Å². The first kappa shape index (κ1) is 13.1. The lowest BCUT2D eigenvalue weighted by Crippen LogP contribution is -2.10. The van der Waals surface area contributed by atoms with Crippen LogP contribution in [-0.2, 0) is 6.54 Å². The number of fused-ring (bicyclic) bond motifs is 5. The molecular formula is C18H16N2O2. The maximum absolute atomic E-state index is 12.3. The number of hydrogen-bond donors (Lipinski definition) is 1. The van der Waals surface area contributed by atoms with Crippen molar-refractivity contribution in [2.75, 3.05) is 14.1 Å². The van der Waals surface area contributed by atoms with Gasteiger partial charge in [-0.05, 0) is 26.2 Å². The number of para-hydroxylation sites is 1. The van der Waals surface area contributed by atoms with E-state index in [-0.39, 0.29) is 5.56 Å². The average Bonchev–Trinajstić information content (AvgIpc) is 2.87. The number of pyridine rings is 1. The Kier molecular flexibility index (Phi) is 2.81. The quantitative estimate of drug-likeness (QED) is 0.615. The van der Waals surface area contributed by atoms with Crippen molar-refractivity contribution in [2.24, 2.45) is 0 Å². The molecule has 22 heavy (non-hydrogen) atoms. The Balaban J connectivity index is 2.18. The maximum atomic E-state index is 12.3. The lowest BCUT2D eigenvalue weighted by atomic mass is 10.1. The molecule has 0 unspecified atom stereocenters. The molecule has 4 aromatic rings. The van der Waals surface area contributed by atoms with Gasteiger partial charge in [-0.2, -0.15) is 0 Å². The third-order valence-corrected chi connectivity index (χ3v) is 3.94. The molecular weight excluding hydrogens is 276 g/mol. The van der Waals surface area contributed by atoms with Gasteiger partial charge in [0.05, 0.1) is 10.9 Å². The minimum absolute atomic E-state index is 0.0798. The first-order chi connectivity index (χ1) is 10.6. The molecule has 0 aliphatic heterocycles. The van der Waals surface area contributed by atoms with Gasteiger partial charge in [0.25, 0.3) is 5.56 Å². The number of hydrogen-bond acceptors (Lipinski definition) is 3. The third-order valence-electron chi connectivity index (χ3n) is 3.94. The summed E-state index contributed by atoms with van der Waals surface area (Å²) in [6, 6.07) is 13.6. The molecule has 0 radical (unpaired) electrons. The number of aromatic nitrogens is 1. The predicted octanol–water partition coefficient (Wildman–Crippen LogP) is 3.49. The van der Waals surface area contributed by atoms with Gasteiger partial charge in [-0.1, -0.05) is 30.3 Å². The summed E-state index contributed by atoms with van der Waals surface area (Å²) in [6.45, 7) is 0.791. The van der Waals surface area contributed by atoms with E-state index in [0.29, 0.717) is 5.39 Å². The zero-order valence-electron chi connectivity index (χ0n) is 12.5. The van der Waals surface area contributed by atoms with E-state index in [2.05, 4.69) is 16.0 Å². The van der Waals surface area contributed by atoms with Crippen LogP contribution in [0.15, 0.2) is 51.7 Å². The highest BCUT2D eigenvalue weighted by atomic mass is 16.3. The summed E-state index contributed by atoms with van der Waals surface area (Å²) in [4.78, 5) is 17.4. The van der Waals surface area contributed by atoms with Gasteiger partial charge in [0.2, 0.25) is 0 Å². The fourth-order valence-electron chi connectivity index (χ4n) is 3.02. The lowest BCUT2D eigenvalue weighted by Gasteiger charge is -2.09. The van der Waals surface area contributed by atoms with Crippen LogP contribution < -0.4 is 5.56 Å². The number of furan rings is 1.